The summed E-state index contributed by atoms with van der Waals surface area (Å²) in [5.41, 5.74) is 2.40. The monoisotopic (exact) mass is 225 g/mol. The average molecular weight is 225 g/mol. The number of imidazole rings is 1. The van der Waals surface area contributed by atoms with Crippen LogP contribution in [0.1, 0.15) is 5.56 Å². The summed E-state index contributed by atoms with van der Waals surface area (Å²) in [6.07, 6.45) is 1.69. The lowest BCUT2D eigenvalue weighted by Gasteiger charge is -1.99. The second-order valence-electron chi connectivity index (χ2n) is 3.49. The Bertz CT molecular complexity index is 601. The molecule has 1 heterocycles. The molecule has 0 amide bonds. The molecule has 0 atom stereocenters. The number of hydrogen-bond donors (Lipinski definition) is 1. The highest BCUT2D eigenvalue weighted by Crippen LogP contribution is 2.14. The summed E-state index contributed by atoms with van der Waals surface area (Å²) in [5.74, 6) is -0.153. The SMILES string of the molecule is Cn1cnc2cc(CS(N)(=O)=O)ccc21. The molecule has 0 bridgehead atoms. The summed E-state index contributed by atoms with van der Waals surface area (Å²) in [6.45, 7) is 0. The number of rotatable bonds is 2. The minimum atomic E-state index is -3.47. The van der Waals surface area contributed by atoms with Crippen LogP contribution in [-0.2, 0) is 22.8 Å². The Morgan fingerprint density at radius 1 is 1.47 bits per heavy atom. The third-order valence-corrected chi connectivity index (χ3v) is 2.89. The molecule has 80 valence electrons. The summed E-state index contributed by atoms with van der Waals surface area (Å²) < 4.78 is 23.7. The van der Waals surface area contributed by atoms with Gasteiger partial charge in [0, 0.05) is 7.05 Å². The fourth-order valence-electron chi connectivity index (χ4n) is 1.50. The minimum absolute atomic E-state index is 0.153. The van der Waals surface area contributed by atoms with Crippen LogP contribution in [0.5, 0.6) is 0 Å². The number of aryl methyl sites for hydroxylation is 1. The van der Waals surface area contributed by atoms with E-state index in [1.54, 1.807) is 18.5 Å². The first-order valence-corrected chi connectivity index (χ1v) is 6.08. The van der Waals surface area contributed by atoms with Crippen molar-refractivity contribution in [2.45, 2.75) is 5.75 Å². The molecule has 0 radical (unpaired) electrons. The predicted octanol–water partition coefficient (Wildman–Crippen LogP) is 0.362. The molecule has 1 aromatic heterocycles. The number of primary sulfonamides is 1. The molecule has 0 saturated heterocycles. The van der Waals surface area contributed by atoms with Gasteiger partial charge in [-0.25, -0.2) is 18.5 Å². The first kappa shape index (κ1) is 10.1. The van der Waals surface area contributed by atoms with E-state index in [2.05, 4.69) is 4.98 Å². The van der Waals surface area contributed by atoms with E-state index in [9.17, 15) is 8.42 Å². The summed E-state index contributed by atoms with van der Waals surface area (Å²) in [4.78, 5) is 4.14. The smallest absolute Gasteiger partial charge is 0.213 e. The molecule has 0 aliphatic heterocycles. The Hall–Kier alpha value is -1.40. The Kier molecular flexibility index (Phi) is 2.24. The standard InChI is InChI=1S/C9H11N3O2S/c1-12-6-11-8-4-7(2-3-9(8)12)5-15(10,13)14/h2-4,6H,5H2,1H3,(H2,10,13,14). The highest BCUT2D eigenvalue weighted by atomic mass is 32.2. The number of aromatic nitrogens is 2. The number of nitrogens with zero attached hydrogens (tertiary/aromatic N) is 2. The summed E-state index contributed by atoms with van der Waals surface area (Å²) >= 11 is 0. The van der Waals surface area contributed by atoms with E-state index in [0.717, 1.165) is 11.0 Å². The van der Waals surface area contributed by atoms with Crippen molar-refractivity contribution in [2.24, 2.45) is 12.2 Å². The Morgan fingerprint density at radius 2 is 2.20 bits per heavy atom. The van der Waals surface area contributed by atoms with Crippen molar-refractivity contribution in [2.75, 3.05) is 0 Å². The normalized spacial score (nSPS) is 12.1. The van der Waals surface area contributed by atoms with E-state index in [0.29, 0.717) is 5.56 Å². The second-order valence-corrected chi connectivity index (χ2v) is 5.10. The maximum Gasteiger partial charge on any atom is 0.213 e. The van der Waals surface area contributed by atoms with Gasteiger partial charge in [-0.15, -0.1) is 0 Å². The van der Waals surface area contributed by atoms with Crippen LogP contribution in [0, 0.1) is 0 Å². The lowest BCUT2D eigenvalue weighted by atomic mass is 10.2. The fraction of sp³-hybridized carbons (Fsp3) is 0.222. The van der Waals surface area contributed by atoms with Gasteiger partial charge in [0.1, 0.15) is 0 Å². The van der Waals surface area contributed by atoms with Gasteiger partial charge in [0.2, 0.25) is 10.0 Å². The van der Waals surface area contributed by atoms with E-state index in [-0.39, 0.29) is 5.75 Å². The molecule has 2 rings (SSSR count). The third-order valence-electron chi connectivity index (χ3n) is 2.16. The Labute approximate surface area is 87.6 Å². The van der Waals surface area contributed by atoms with Crippen molar-refractivity contribution < 1.29 is 8.42 Å². The molecule has 0 aliphatic rings. The summed E-state index contributed by atoms with van der Waals surface area (Å²) in [5, 5.41) is 4.96. The van der Waals surface area contributed by atoms with Crippen molar-refractivity contribution in [3.63, 3.8) is 0 Å². The maximum absolute atomic E-state index is 10.9. The average Bonchev–Trinajstić information content (AvgIpc) is 2.45. The van der Waals surface area contributed by atoms with Gasteiger partial charge in [0.25, 0.3) is 0 Å². The van der Waals surface area contributed by atoms with Gasteiger partial charge >= 0.3 is 0 Å². The number of sulfonamides is 1. The third kappa shape index (κ3) is 2.16. The molecule has 0 fully saturated rings. The van der Waals surface area contributed by atoms with Crippen molar-refractivity contribution >= 4 is 21.1 Å². The topological polar surface area (TPSA) is 78.0 Å². The predicted molar refractivity (Wildman–Crippen MR) is 57.5 cm³/mol. The second kappa shape index (κ2) is 3.32. The van der Waals surface area contributed by atoms with Gasteiger partial charge in [0.05, 0.1) is 23.1 Å². The van der Waals surface area contributed by atoms with Crippen LogP contribution in [0.15, 0.2) is 24.5 Å². The quantitative estimate of drug-likeness (QED) is 0.801. The van der Waals surface area contributed by atoms with E-state index < -0.39 is 10.0 Å². The first-order valence-electron chi connectivity index (χ1n) is 4.36. The zero-order valence-corrected chi connectivity index (χ0v) is 9.03. The number of fused-ring (bicyclic) bond motifs is 1. The number of benzene rings is 1. The van der Waals surface area contributed by atoms with Crippen LogP contribution in [0.4, 0.5) is 0 Å². The van der Waals surface area contributed by atoms with Gasteiger partial charge in [-0.1, -0.05) is 6.07 Å². The molecule has 0 aliphatic carbocycles. The van der Waals surface area contributed by atoms with E-state index in [4.69, 9.17) is 5.14 Å². The molecule has 5 nitrogen and oxygen atoms in total. The summed E-state index contributed by atoms with van der Waals surface area (Å²) in [6, 6.07) is 5.32. The molecule has 0 unspecified atom stereocenters. The van der Waals surface area contributed by atoms with Gasteiger partial charge in [-0.05, 0) is 17.7 Å². The zero-order chi connectivity index (χ0) is 11.1. The van der Waals surface area contributed by atoms with Crippen molar-refractivity contribution in [1.29, 1.82) is 0 Å². The molecule has 2 aromatic rings. The van der Waals surface area contributed by atoms with Gasteiger partial charge in [-0.2, -0.15) is 0 Å². The van der Waals surface area contributed by atoms with E-state index >= 15 is 0 Å². The first-order chi connectivity index (χ1) is 6.96. The maximum atomic E-state index is 10.9. The molecule has 0 saturated carbocycles. The van der Waals surface area contributed by atoms with Crippen LogP contribution in [-0.4, -0.2) is 18.0 Å². The van der Waals surface area contributed by atoms with Gasteiger partial charge in [-0.3, -0.25) is 0 Å². The number of hydrogen-bond acceptors (Lipinski definition) is 3. The molecule has 15 heavy (non-hydrogen) atoms. The van der Waals surface area contributed by atoms with Gasteiger partial charge < -0.3 is 4.57 Å². The van der Waals surface area contributed by atoms with Crippen LogP contribution < -0.4 is 5.14 Å². The zero-order valence-electron chi connectivity index (χ0n) is 8.21. The lowest BCUT2D eigenvalue weighted by molar-refractivity contribution is 0.597. The molecular weight excluding hydrogens is 214 g/mol. The van der Waals surface area contributed by atoms with Crippen LogP contribution >= 0.6 is 0 Å². The largest absolute Gasteiger partial charge is 0.334 e. The van der Waals surface area contributed by atoms with Crippen molar-refractivity contribution in [3.8, 4) is 0 Å². The molecule has 2 N–H and O–H groups in total. The van der Waals surface area contributed by atoms with Crippen LogP contribution in [0.2, 0.25) is 0 Å². The van der Waals surface area contributed by atoms with Crippen molar-refractivity contribution in [3.05, 3.63) is 30.1 Å². The highest BCUT2D eigenvalue weighted by Gasteiger charge is 2.07. The van der Waals surface area contributed by atoms with E-state index in [1.807, 2.05) is 17.7 Å². The van der Waals surface area contributed by atoms with Gasteiger partial charge in [0.15, 0.2) is 0 Å². The molecular formula is C9H11N3O2S. The fourth-order valence-corrected chi connectivity index (χ4v) is 2.15. The summed E-state index contributed by atoms with van der Waals surface area (Å²) in [7, 11) is -1.59. The highest BCUT2D eigenvalue weighted by molar-refractivity contribution is 7.88. The molecule has 6 heteroatoms. The lowest BCUT2D eigenvalue weighted by Crippen LogP contribution is -2.14. The van der Waals surface area contributed by atoms with Crippen LogP contribution in [0.3, 0.4) is 0 Å². The molecule has 0 spiro atoms. The van der Waals surface area contributed by atoms with Crippen molar-refractivity contribution in [1.82, 2.24) is 9.55 Å². The number of nitrogens with two attached hydrogens (primary N) is 1. The van der Waals surface area contributed by atoms with Crippen LogP contribution in [0.25, 0.3) is 11.0 Å². The minimum Gasteiger partial charge on any atom is -0.334 e. The Morgan fingerprint density at radius 3 is 2.87 bits per heavy atom. The molecule has 1 aromatic carbocycles. The Balaban J connectivity index is 2.48. The van der Waals surface area contributed by atoms with E-state index in [1.165, 1.54) is 0 Å².